The Balaban J connectivity index is 2.25. The Morgan fingerprint density at radius 2 is 1.76 bits per heavy atom. The van der Waals surface area contributed by atoms with Crippen LogP contribution in [-0.4, -0.2) is 18.4 Å². The zero-order valence-electron chi connectivity index (χ0n) is 14.6. The van der Waals surface area contributed by atoms with E-state index >= 15 is 0 Å². The largest absolute Gasteiger partial charge is 0.323 e. The topological polar surface area (TPSA) is 49.4 Å². The van der Waals surface area contributed by atoms with E-state index in [0.717, 1.165) is 16.7 Å². The number of aryl methyl sites for hydroxylation is 2. The lowest BCUT2D eigenvalue weighted by Crippen LogP contribution is -2.37. The third kappa shape index (κ3) is 4.53. The fourth-order valence-corrected chi connectivity index (χ4v) is 3.19. The van der Waals surface area contributed by atoms with E-state index in [1.165, 1.54) is 11.8 Å². The summed E-state index contributed by atoms with van der Waals surface area (Å²) in [7, 11) is 0. The van der Waals surface area contributed by atoms with E-state index in [4.69, 9.17) is 23.2 Å². The predicted octanol–water partition coefficient (Wildman–Crippen LogP) is 4.91. The van der Waals surface area contributed by atoms with Crippen molar-refractivity contribution in [3.8, 4) is 0 Å². The van der Waals surface area contributed by atoms with Crippen LogP contribution in [0.25, 0.3) is 0 Å². The maximum Gasteiger partial charge on any atom is 0.244 e. The summed E-state index contributed by atoms with van der Waals surface area (Å²) < 4.78 is 0. The molecular formula is C19H20Cl2N2O2. The quantitative estimate of drug-likeness (QED) is 0.821. The minimum Gasteiger partial charge on any atom is -0.323 e. The molecule has 132 valence electrons. The molecule has 0 saturated heterocycles. The average molecular weight is 379 g/mol. The third-order valence-electron chi connectivity index (χ3n) is 3.91. The zero-order valence-corrected chi connectivity index (χ0v) is 16.1. The Hall–Kier alpha value is -2.04. The number of hydrogen-bond donors (Lipinski definition) is 1. The first-order valence-electron chi connectivity index (χ1n) is 7.80. The first-order chi connectivity index (χ1) is 11.7. The molecule has 0 bridgehead atoms. The SMILES string of the molecule is CC(=O)N(CC(=O)Nc1c(C)cc(C)cc1Cl)c1cccc(Cl)c1C. The van der Waals surface area contributed by atoms with Crippen LogP contribution in [0.1, 0.15) is 23.6 Å². The van der Waals surface area contributed by atoms with Gasteiger partial charge in [-0.1, -0.05) is 35.3 Å². The Morgan fingerprint density at radius 1 is 1.08 bits per heavy atom. The molecule has 0 aliphatic rings. The van der Waals surface area contributed by atoms with Crippen LogP contribution in [0.15, 0.2) is 30.3 Å². The molecular weight excluding hydrogens is 359 g/mol. The lowest BCUT2D eigenvalue weighted by molar-refractivity contribution is -0.120. The van der Waals surface area contributed by atoms with Crippen LogP contribution in [-0.2, 0) is 9.59 Å². The van der Waals surface area contributed by atoms with Crippen LogP contribution in [0.2, 0.25) is 10.0 Å². The molecule has 2 amide bonds. The third-order valence-corrected chi connectivity index (χ3v) is 4.62. The average Bonchev–Trinajstić information content (AvgIpc) is 2.51. The maximum atomic E-state index is 12.5. The first-order valence-corrected chi connectivity index (χ1v) is 8.56. The number of anilines is 2. The predicted molar refractivity (Wildman–Crippen MR) is 104 cm³/mol. The highest BCUT2D eigenvalue weighted by Crippen LogP contribution is 2.29. The fourth-order valence-electron chi connectivity index (χ4n) is 2.65. The highest BCUT2D eigenvalue weighted by atomic mass is 35.5. The zero-order chi connectivity index (χ0) is 18.7. The molecule has 4 nitrogen and oxygen atoms in total. The van der Waals surface area contributed by atoms with Crippen molar-refractivity contribution >= 4 is 46.4 Å². The second kappa shape index (κ2) is 7.89. The molecule has 6 heteroatoms. The van der Waals surface area contributed by atoms with E-state index < -0.39 is 0 Å². The molecule has 0 aromatic heterocycles. The Morgan fingerprint density at radius 3 is 2.36 bits per heavy atom. The van der Waals surface area contributed by atoms with Crippen LogP contribution < -0.4 is 10.2 Å². The van der Waals surface area contributed by atoms with Gasteiger partial charge in [0.2, 0.25) is 11.8 Å². The van der Waals surface area contributed by atoms with Gasteiger partial charge in [-0.15, -0.1) is 0 Å². The monoisotopic (exact) mass is 378 g/mol. The molecule has 0 saturated carbocycles. The van der Waals surface area contributed by atoms with Crippen LogP contribution in [0.4, 0.5) is 11.4 Å². The van der Waals surface area contributed by atoms with Crippen molar-refractivity contribution in [3.63, 3.8) is 0 Å². The summed E-state index contributed by atoms with van der Waals surface area (Å²) in [6, 6.07) is 8.98. The number of nitrogens with one attached hydrogen (secondary N) is 1. The standard InChI is InChI=1S/C19H20Cl2N2O2/c1-11-8-12(2)19(16(21)9-11)22-18(25)10-23(14(4)24)17-7-5-6-15(20)13(17)3/h5-9H,10H2,1-4H3,(H,22,25). The molecule has 0 heterocycles. The summed E-state index contributed by atoms with van der Waals surface area (Å²) in [6.07, 6.45) is 0. The van der Waals surface area contributed by atoms with Crippen LogP contribution in [0.5, 0.6) is 0 Å². The summed E-state index contributed by atoms with van der Waals surface area (Å²) in [6.45, 7) is 6.91. The van der Waals surface area contributed by atoms with E-state index in [2.05, 4.69) is 5.32 Å². The number of hydrogen-bond acceptors (Lipinski definition) is 2. The van der Waals surface area contributed by atoms with E-state index in [9.17, 15) is 9.59 Å². The lowest BCUT2D eigenvalue weighted by Gasteiger charge is -2.23. The van der Waals surface area contributed by atoms with Crippen molar-refractivity contribution in [3.05, 3.63) is 57.1 Å². The van der Waals surface area contributed by atoms with E-state index in [1.54, 1.807) is 24.3 Å². The minimum atomic E-state index is -0.330. The highest BCUT2D eigenvalue weighted by Gasteiger charge is 2.19. The molecule has 2 rings (SSSR count). The normalized spacial score (nSPS) is 10.5. The summed E-state index contributed by atoms with van der Waals surface area (Å²) in [5.41, 5.74) is 3.80. The van der Waals surface area contributed by atoms with Gasteiger partial charge in [-0.05, 0) is 55.7 Å². The molecule has 0 atom stereocenters. The second-order valence-corrected chi connectivity index (χ2v) is 6.79. The maximum absolute atomic E-state index is 12.5. The minimum absolute atomic E-state index is 0.125. The van der Waals surface area contributed by atoms with Gasteiger partial charge in [0.15, 0.2) is 0 Å². The molecule has 0 aliphatic heterocycles. The highest BCUT2D eigenvalue weighted by molar-refractivity contribution is 6.34. The summed E-state index contributed by atoms with van der Waals surface area (Å²) in [5, 5.41) is 3.81. The lowest BCUT2D eigenvalue weighted by atomic mass is 10.1. The molecule has 0 fully saturated rings. The van der Waals surface area contributed by atoms with Gasteiger partial charge in [-0.2, -0.15) is 0 Å². The second-order valence-electron chi connectivity index (χ2n) is 5.98. The van der Waals surface area contributed by atoms with E-state index in [-0.39, 0.29) is 18.4 Å². The number of nitrogens with zero attached hydrogens (tertiary/aromatic N) is 1. The van der Waals surface area contributed by atoms with Gasteiger partial charge in [0.1, 0.15) is 6.54 Å². The molecule has 25 heavy (non-hydrogen) atoms. The van der Waals surface area contributed by atoms with Crippen molar-refractivity contribution < 1.29 is 9.59 Å². The summed E-state index contributed by atoms with van der Waals surface area (Å²) >= 11 is 12.4. The van der Waals surface area contributed by atoms with Crippen molar-refractivity contribution in [1.82, 2.24) is 0 Å². The molecule has 2 aromatic rings. The van der Waals surface area contributed by atoms with Crippen molar-refractivity contribution in [1.29, 1.82) is 0 Å². The fraction of sp³-hybridized carbons (Fsp3) is 0.263. The molecule has 2 aromatic carbocycles. The number of carbonyl (C=O) groups is 2. The van der Waals surface area contributed by atoms with Gasteiger partial charge < -0.3 is 10.2 Å². The number of benzene rings is 2. The van der Waals surface area contributed by atoms with Crippen molar-refractivity contribution in [2.24, 2.45) is 0 Å². The first kappa shape index (κ1) is 19.3. The number of amides is 2. The van der Waals surface area contributed by atoms with Gasteiger partial charge in [0.05, 0.1) is 10.7 Å². The van der Waals surface area contributed by atoms with E-state index in [0.29, 0.717) is 21.4 Å². The molecule has 0 unspecified atom stereocenters. The van der Waals surface area contributed by atoms with Gasteiger partial charge in [-0.3, -0.25) is 9.59 Å². The molecule has 1 N–H and O–H groups in total. The molecule has 0 radical (unpaired) electrons. The summed E-state index contributed by atoms with van der Waals surface area (Å²) in [4.78, 5) is 25.9. The van der Waals surface area contributed by atoms with Crippen molar-refractivity contribution in [2.75, 3.05) is 16.8 Å². The molecule has 0 spiro atoms. The number of carbonyl (C=O) groups excluding carboxylic acids is 2. The van der Waals surface area contributed by atoms with Crippen LogP contribution in [0.3, 0.4) is 0 Å². The van der Waals surface area contributed by atoms with Crippen LogP contribution in [0, 0.1) is 20.8 Å². The number of halogens is 2. The Kier molecular flexibility index (Phi) is 6.09. The Bertz CT molecular complexity index is 811. The Labute approximate surface area is 157 Å². The van der Waals surface area contributed by atoms with Gasteiger partial charge in [0.25, 0.3) is 0 Å². The smallest absolute Gasteiger partial charge is 0.244 e. The van der Waals surface area contributed by atoms with Crippen LogP contribution >= 0.6 is 23.2 Å². The van der Waals surface area contributed by atoms with Gasteiger partial charge in [-0.25, -0.2) is 0 Å². The van der Waals surface area contributed by atoms with E-state index in [1.807, 2.05) is 26.8 Å². The molecule has 0 aliphatic carbocycles. The van der Waals surface area contributed by atoms with Gasteiger partial charge in [0, 0.05) is 17.6 Å². The van der Waals surface area contributed by atoms with Gasteiger partial charge >= 0.3 is 0 Å². The van der Waals surface area contributed by atoms with Crippen molar-refractivity contribution in [2.45, 2.75) is 27.7 Å². The summed E-state index contributed by atoms with van der Waals surface area (Å²) in [5.74, 6) is -0.573. The number of rotatable bonds is 4.